The van der Waals surface area contributed by atoms with Crippen LogP contribution in [0, 0.1) is 0 Å². The summed E-state index contributed by atoms with van der Waals surface area (Å²) in [6.07, 6.45) is 0.988. The lowest BCUT2D eigenvalue weighted by Gasteiger charge is -2.36. The molecule has 4 rings (SSSR count). The summed E-state index contributed by atoms with van der Waals surface area (Å²) >= 11 is 0. The van der Waals surface area contributed by atoms with E-state index in [1.165, 1.54) is 0 Å². The number of carbonyl (C=O) groups is 1. The van der Waals surface area contributed by atoms with Gasteiger partial charge in [-0.2, -0.15) is 0 Å². The van der Waals surface area contributed by atoms with Crippen molar-refractivity contribution in [3.05, 3.63) is 48.5 Å². The monoisotopic (exact) mass is 339 g/mol. The molecule has 5 nitrogen and oxygen atoms in total. The van der Waals surface area contributed by atoms with Crippen LogP contribution in [-0.4, -0.2) is 36.5 Å². The maximum atomic E-state index is 11.8. The van der Waals surface area contributed by atoms with E-state index in [0.29, 0.717) is 32.5 Å². The van der Waals surface area contributed by atoms with Gasteiger partial charge in [-0.1, -0.05) is 36.4 Å². The van der Waals surface area contributed by atoms with Crippen molar-refractivity contribution in [2.75, 3.05) is 19.7 Å². The lowest BCUT2D eigenvalue weighted by atomic mass is 10.0. The van der Waals surface area contributed by atoms with Crippen LogP contribution in [0.25, 0.3) is 11.1 Å². The number of benzene rings is 2. The number of likely N-dealkylation sites (tertiary alicyclic amines) is 1. The predicted octanol–water partition coefficient (Wildman–Crippen LogP) is 4.07. The van der Waals surface area contributed by atoms with E-state index in [1.807, 2.05) is 43.3 Å². The summed E-state index contributed by atoms with van der Waals surface area (Å²) in [7, 11) is 0. The lowest BCUT2D eigenvalue weighted by molar-refractivity contribution is -0.115. The standard InChI is InChI=1S/C20H21NO4/c1-2-23-19(22)21-12-10-20(11-13-21)24-17-9-8-16(14-18(17)25-20)15-6-4-3-5-7-15/h3-9,14H,2,10-13H2,1H3. The van der Waals surface area contributed by atoms with Crippen LogP contribution in [0.1, 0.15) is 19.8 Å². The van der Waals surface area contributed by atoms with Crippen LogP contribution in [-0.2, 0) is 4.74 Å². The highest BCUT2D eigenvalue weighted by atomic mass is 16.7. The van der Waals surface area contributed by atoms with Crippen LogP contribution in [0.15, 0.2) is 48.5 Å². The van der Waals surface area contributed by atoms with E-state index in [-0.39, 0.29) is 6.09 Å². The van der Waals surface area contributed by atoms with Crippen LogP contribution >= 0.6 is 0 Å². The number of amides is 1. The first-order chi connectivity index (χ1) is 12.2. The topological polar surface area (TPSA) is 48.0 Å². The fraction of sp³-hybridized carbons (Fsp3) is 0.350. The number of hydrogen-bond acceptors (Lipinski definition) is 4. The van der Waals surface area contributed by atoms with Crippen LogP contribution in [0.4, 0.5) is 4.79 Å². The molecule has 0 saturated carbocycles. The van der Waals surface area contributed by atoms with E-state index in [2.05, 4.69) is 12.1 Å². The molecule has 25 heavy (non-hydrogen) atoms. The molecule has 2 heterocycles. The van der Waals surface area contributed by atoms with Crippen molar-refractivity contribution in [2.24, 2.45) is 0 Å². The van der Waals surface area contributed by atoms with Crippen molar-refractivity contribution in [1.29, 1.82) is 0 Å². The fourth-order valence-corrected chi connectivity index (χ4v) is 3.35. The van der Waals surface area contributed by atoms with Crippen LogP contribution in [0.3, 0.4) is 0 Å². The quantitative estimate of drug-likeness (QED) is 0.827. The Kier molecular flexibility index (Phi) is 3.99. The average molecular weight is 339 g/mol. The maximum Gasteiger partial charge on any atom is 0.409 e. The minimum atomic E-state index is -0.666. The molecule has 0 aliphatic carbocycles. The zero-order valence-electron chi connectivity index (χ0n) is 14.2. The number of rotatable bonds is 2. The Morgan fingerprint density at radius 1 is 1.04 bits per heavy atom. The average Bonchev–Trinajstić information content (AvgIpc) is 3.00. The van der Waals surface area contributed by atoms with Gasteiger partial charge in [-0.15, -0.1) is 0 Å². The molecular formula is C20H21NO4. The van der Waals surface area contributed by atoms with Gasteiger partial charge in [0, 0.05) is 25.9 Å². The molecule has 0 bridgehead atoms. The molecule has 5 heteroatoms. The normalized spacial score (nSPS) is 17.6. The van der Waals surface area contributed by atoms with Gasteiger partial charge < -0.3 is 19.1 Å². The molecule has 0 N–H and O–H groups in total. The Hall–Kier alpha value is -2.69. The lowest BCUT2D eigenvalue weighted by Crippen LogP contribution is -2.51. The summed E-state index contributed by atoms with van der Waals surface area (Å²) in [4.78, 5) is 13.6. The SMILES string of the molecule is CCOC(=O)N1CCC2(CC1)Oc1ccc(-c3ccccc3)cc1O2. The molecule has 1 saturated heterocycles. The number of carbonyl (C=O) groups excluding carboxylic acids is 1. The molecule has 1 spiro atoms. The highest BCUT2D eigenvalue weighted by Gasteiger charge is 2.45. The van der Waals surface area contributed by atoms with Gasteiger partial charge in [0.1, 0.15) is 0 Å². The smallest absolute Gasteiger partial charge is 0.409 e. The fourth-order valence-electron chi connectivity index (χ4n) is 3.35. The van der Waals surface area contributed by atoms with E-state index < -0.39 is 5.79 Å². The van der Waals surface area contributed by atoms with Gasteiger partial charge in [-0.3, -0.25) is 0 Å². The van der Waals surface area contributed by atoms with Gasteiger partial charge in [0.25, 0.3) is 5.79 Å². The molecular weight excluding hydrogens is 318 g/mol. The first kappa shape index (κ1) is 15.8. The first-order valence-electron chi connectivity index (χ1n) is 8.68. The van der Waals surface area contributed by atoms with Crippen molar-refractivity contribution in [2.45, 2.75) is 25.6 Å². The number of nitrogens with zero attached hydrogens (tertiary/aromatic N) is 1. The van der Waals surface area contributed by atoms with Gasteiger partial charge in [0.15, 0.2) is 11.5 Å². The second kappa shape index (κ2) is 6.31. The van der Waals surface area contributed by atoms with E-state index in [9.17, 15) is 4.79 Å². The minimum Gasteiger partial charge on any atom is -0.450 e. The second-order valence-corrected chi connectivity index (χ2v) is 6.33. The molecule has 0 unspecified atom stereocenters. The third-order valence-electron chi connectivity index (χ3n) is 4.69. The summed E-state index contributed by atoms with van der Waals surface area (Å²) in [6.45, 7) is 3.34. The van der Waals surface area contributed by atoms with Gasteiger partial charge in [-0.25, -0.2) is 4.79 Å². The molecule has 2 aliphatic rings. The van der Waals surface area contributed by atoms with Crippen molar-refractivity contribution in [3.63, 3.8) is 0 Å². The van der Waals surface area contributed by atoms with E-state index in [0.717, 1.165) is 22.6 Å². The van der Waals surface area contributed by atoms with Gasteiger partial charge in [0.05, 0.1) is 6.61 Å². The minimum absolute atomic E-state index is 0.265. The number of piperidine rings is 1. The van der Waals surface area contributed by atoms with E-state index in [4.69, 9.17) is 14.2 Å². The number of ether oxygens (including phenoxy) is 3. The summed E-state index contributed by atoms with van der Waals surface area (Å²) in [5, 5.41) is 0. The maximum absolute atomic E-state index is 11.8. The largest absolute Gasteiger partial charge is 0.450 e. The second-order valence-electron chi connectivity index (χ2n) is 6.33. The molecule has 1 fully saturated rings. The number of fused-ring (bicyclic) bond motifs is 1. The van der Waals surface area contributed by atoms with Crippen molar-refractivity contribution in [3.8, 4) is 22.6 Å². The van der Waals surface area contributed by atoms with Crippen molar-refractivity contribution < 1.29 is 19.0 Å². The molecule has 2 aromatic carbocycles. The Balaban J connectivity index is 1.48. The van der Waals surface area contributed by atoms with Crippen LogP contribution in [0.2, 0.25) is 0 Å². The summed E-state index contributed by atoms with van der Waals surface area (Å²) < 4.78 is 17.4. The van der Waals surface area contributed by atoms with E-state index in [1.54, 1.807) is 4.90 Å². The molecule has 0 radical (unpaired) electrons. The Morgan fingerprint density at radius 3 is 2.48 bits per heavy atom. The molecule has 0 atom stereocenters. The zero-order chi connectivity index (χ0) is 17.3. The number of hydrogen-bond donors (Lipinski definition) is 0. The highest BCUT2D eigenvalue weighted by molar-refractivity contribution is 5.68. The molecule has 0 aromatic heterocycles. The van der Waals surface area contributed by atoms with Gasteiger partial charge >= 0.3 is 6.09 Å². The molecule has 130 valence electrons. The van der Waals surface area contributed by atoms with Crippen molar-refractivity contribution >= 4 is 6.09 Å². The zero-order valence-corrected chi connectivity index (χ0v) is 14.2. The molecule has 1 amide bonds. The van der Waals surface area contributed by atoms with Crippen LogP contribution in [0.5, 0.6) is 11.5 Å². The third-order valence-corrected chi connectivity index (χ3v) is 4.69. The summed E-state index contributed by atoms with van der Waals surface area (Å²) in [6, 6.07) is 16.2. The van der Waals surface area contributed by atoms with Crippen LogP contribution < -0.4 is 9.47 Å². The first-order valence-corrected chi connectivity index (χ1v) is 8.68. The summed E-state index contributed by atoms with van der Waals surface area (Å²) in [5.74, 6) is 0.871. The van der Waals surface area contributed by atoms with Crippen molar-refractivity contribution in [1.82, 2.24) is 4.90 Å². The Bertz CT molecular complexity index is 767. The van der Waals surface area contributed by atoms with Gasteiger partial charge in [0.2, 0.25) is 0 Å². The molecule has 2 aromatic rings. The summed E-state index contributed by atoms with van der Waals surface area (Å²) in [5.41, 5.74) is 2.25. The molecule has 2 aliphatic heterocycles. The predicted molar refractivity (Wildman–Crippen MR) is 93.7 cm³/mol. The third kappa shape index (κ3) is 3.02. The Morgan fingerprint density at radius 2 is 1.76 bits per heavy atom. The Labute approximate surface area is 147 Å². The van der Waals surface area contributed by atoms with E-state index >= 15 is 0 Å². The van der Waals surface area contributed by atoms with Gasteiger partial charge in [-0.05, 0) is 30.2 Å². The highest BCUT2D eigenvalue weighted by Crippen LogP contribution is 2.45.